The molecule has 0 bridgehead atoms. The lowest BCUT2D eigenvalue weighted by Gasteiger charge is -2.44. The first-order chi connectivity index (χ1) is 9.81. The van der Waals surface area contributed by atoms with E-state index in [0.717, 1.165) is 18.8 Å². The van der Waals surface area contributed by atoms with E-state index >= 15 is 0 Å². The molecule has 2 aliphatic rings. The molecule has 0 amide bonds. The van der Waals surface area contributed by atoms with E-state index in [4.69, 9.17) is 9.47 Å². The molecule has 1 saturated carbocycles. The van der Waals surface area contributed by atoms with E-state index in [-0.39, 0.29) is 11.7 Å². The summed E-state index contributed by atoms with van der Waals surface area (Å²) in [5.74, 6) is 0.942. The van der Waals surface area contributed by atoms with E-state index < -0.39 is 0 Å². The first kappa shape index (κ1) is 13.9. The minimum absolute atomic E-state index is 0.0722. The van der Waals surface area contributed by atoms with E-state index in [2.05, 4.69) is 23.5 Å². The maximum absolute atomic E-state index is 6.52. The van der Waals surface area contributed by atoms with E-state index in [9.17, 15) is 0 Å². The summed E-state index contributed by atoms with van der Waals surface area (Å²) in [5.41, 5.74) is 1.30. The largest absolute Gasteiger partial charge is 0.494 e. The van der Waals surface area contributed by atoms with Gasteiger partial charge in [0, 0.05) is 13.1 Å². The Kier molecular flexibility index (Phi) is 4.27. The molecule has 1 unspecified atom stereocenters. The summed E-state index contributed by atoms with van der Waals surface area (Å²) in [6.07, 6.45) is 6.50. The van der Waals surface area contributed by atoms with Crippen LogP contribution in [0.1, 0.15) is 50.7 Å². The molecule has 0 aromatic heterocycles. The third kappa shape index (κ3) is 2.99. The molecule has 1 spiro atoms. The van der Waals surface area contributed by atoms with E-state index in [0.29, 0.717) is 6.61 Å². The summed E-state index contributed by atoms with van der Waals surface area (Å²) >= 11 is 0. The lowest BCUT2D eigenvalue weighted by Crippen LogP contribution is -2.51. The van der Waals surface area contributed by atoms with Gasteiger partial charge >= 0.3 is 0 Å². The van der Waals surface area contributed by atoms with Crippen molar-refractivity contribution in [2.24, 2.45) is 0 Å². The number of ether oxygens (including phenoxy) is 2. The zero-order chi connectivity index (χ0) is 13.8. The fraction of sp³-hybridized carbons (Fsp3) is 0.647. The Hall–Kier alpha value is -1.06. The van der Waals surface area contributed by atoms with Crippen molar-refractivity contribution in [2.45, 2.75) is 50.7 Å². The zero-order valence-corrected chi connectivity index (χ0v) is 12.4. The minimum Gasteiger partial charge on any atom is -0.494 e. The van der Waals surface area contributed by atoms with Crippen LogP contribution in [0, 0.1) is 0 Å². The van der Waals surface area contributed by atoms with Crippen molar-refractivity contribution < 1.29 is 9.47 Å². The van der Waals surface area contributed by atoms with Gasteiger partial charge in [-0.15, -0.1) is 0 Å². The lowest BCUT2D eigenvalue weighted by molar-refractivity contribution is -0.135. The van der Waals surface area contributed by atoms with Crippen LogP contribution in [0.2, 0.25) is 0 Å². The van der Waals surface area contributed by atoms with E-state index in [1.807, 2.05) is 13.0 Å². The van der Waals surface area contributed by atoms with Gasteiger partial charge in [-0.25, -0.2) is 0 Å². The highest BCUT2D eigenvalue weighted by atomic mass is 16.5. The maximum Gasteiger partial charge on any atom is 0.119 e. The van der Waals surface area contributed by atoms with E-state index in [1.165, 1.54) is 37.7 Å². The smallest absolute Gasteiger partial charge is 0.119 e. The molecule has 1 heterocycles. The van der Waals surface area contributed by atoms with Gasteiger partial charge in [-0.2, -0.15) is 0 Å². The molecular formula is C17H25NO2. The van der Waals surface area contributed by atoms with Crippen LogP contribution >= 0.6 is 0 Å². The van der Waals surface area contributed by atoms with Crippen LogP contribution in [0.25, 0.3) is 0 Å². The van der Waals surface area contributed by atoms with Crippen LogP contribution < -0.4 is 10.1 Å². The standard InChI is InChI=1S/C17H25NO2/c1-2-19-15-8-6-7-14(11-15)16-12-18-13-17(20-16)9-4-3-5-10-17/h6-8,11,16,18H,2-5,9-10,12-13H2,1H3. The molecule has 1 aromatic rings. The van der Waals surface area contributed by atoms with Crippen LogP contribution in [0.4, 0.5) is 0 Å². The van der Waals surface area contributed by atoms with Gasteiger partial charge in [-0.1, -0.05) is 31.4 Å². The molecule has 2 fully saturated rings. The van der Waals surface area contributed by atoms with Gasteiger partial charge in [0.1, 0.15) is 5.75 Å². The third-order valence-electron chi connectivity index (χ3n) is 4.47. The highest BCUT2D eigenvalue weighted by Crippen LogP contribution is 2.38. The highest BCUT2D eigenvalue weighted by Gasteiger charge is 2.38. The van der Waals surface area contributed by atoms with Gasteiger partial charge < -0.3 is 14.8 Å². The fourth-order valence-electron chi connectivity index (χ4n) is 3.46. The van der Waals surface area contributed by atoms with Crippen LogP contribution in [0.5, 0.6) is 5.75 Å². The second-order valence-corrected chi connectivity index (χ2v) is 5.99. The maximum atomic E-state index is 6.52. The third-order valence-corrected chi connectivity index (χ3v) is 4.47. The van der Waals surface area contributed by atoms with Gasteiger partial charge in [0.05, 0.1) is 18.3 Å². The zero-order valence-electron chi connectivity index (χ0n) is 12.4. The molecule has 1 aliphatic carbocycles. The van der Waals surface area contributed by atoms with Gasteiger partial charge in [-0.3, -0.25) is 0 Å². The van der Waals surface area contributed by atoms with Crippen molar-refractivity contribution in [2.75, 3.05) is 19.7 Å². The number of hydrogen-bond acceptors (Lipinski definition) is 3. The van der Waals surface area contributed by atoms with Crippen molar-refractivity contribution >= 4 is 0 Å². The lowest BCUT2D eigenvalue weighted by atomic mass is 9.83. The number of rotatable bonds is 3. The van der Waals surface area contributed by atoms with Gasteiger partial charge in [0.25, 0.3) is 0 Å². The average molecular weight is 275 g/mol. The summed E-state index contributed by atoms with van der Waals surface area (Å²) in [7, 11) is 0. The molecular weight excluding hydrogens is 250 g/mol. The van der Waals surface area contributed by atoms with Crippen LogP contribution in [0.3, 0.4) is 0 Å². The quantitative estimate of drug-likeness (QED) is 0.916. The summed E-state index contributed by atoms with van der Waals surface area (Å²) < 4.78 is 12.1. The summed E-state index contributed by atoms with van der Waals surface area (Å²) in [5, 5.41) is 3.58. The van der Waals surface area contributed by atoms with Crippen molar-refractivity contribution in [3.8, 4) is 5.75 Å². The van der Waals surface area contributed by atoms with Gasteiger partial charge in [-0.05, 0) is 37.5 Å². The van der Waals surface area contributed by atoms with Crippen LogP contribution in [-0.2, 0) is 4.74 Å². The Morgan fingerprint density at radius 1 is 1.30 bits per heavy atom. The van der Waals surface area contributed by atoms with Gasteiger partial charge in [0.2, 0.25) is 0 Å². The SMILES string of the molecule is CCOc1cccc(C2CNCC3(CCCCC3)O2)c1. The Bertz CT molecular complexity index is 435. The average Bonchev–Trinajstić information content (AvgIpc) is 2.49. The highest BCUT2D eigenvalue weighted by molar-refractivity contribution is 5.30. The Morgan fingerprint density at radius 2 is 2.15 bits per heavy atom. The molecule has 3 rings (SSSR count). The topological polar surface area (TPSA) is 30.5 Å². The van der Waals surface area contributed by atoms with Crippen LogP contribution in [-0.4, -0.2) is 25.3 Å². The fourth-order valence-corrected chi connectivity index (χ4v) is 3.46. The second-order valence-electron chi connectivity index (χ2n) is 5.99. The van der Waals surface area contributed by atoms with Crippen molar-refractivity contribution in [3.05, 3.63) is 29.8 Å². The van der Waals surface area contributed by atoms with Crippen LogP contribution in [0.15, 0.2) is 24.3 Å². The Balaban J connectivity index is 1.74. The molecule has 1 aromatic carbocycles. The summed E-state index contributed by atoms with van der Waals surface area (Å²) in [6.45, 7) is 4.63. The minimum atomic E-state index is 0.0722. The molecule has 3 heteroatoms. The predicted molar refractivity (Wildman–Crippen MR) is 80.1 cm³/mol. The van der Waals surface area contributed by atoms with Crippen molar-refractivity contribution in [1.82, 2.24) is 5.32 Å². The molecule has 1 atom stereocenters. The number of hydrogen-bond donors (Lipinski definition) is 1. The van der Waals surface area contributed by atoms with Crippen molar-refractivity contribution in [1.29, 1.82) is 0 Å². The second kappa shape index (κ2) is 6.15. The Morgan fingerprint density at radius 3 is 2.95 bits per heavy atom. The van der Waals surface area contributed by atoms with E-state index in [1.54, 1.807) is 0 Å². The Labute approximate surface area is 121 Å². The first-order valence-electron chi connectivity index (χ1n) is 7.93. The molecule has 20 heavy (non-hydrogen) atoms. The molecule has 1 N–H and O–H groups in total. The molecule has 110 valence electrons. The van der Waals surface area contributed by atoms with Crippen molar-refractivity contribution in [3.63, 3.8) is 0 Å². The number of benzene rings is 1. The number of nitrogens with one attached hydrogen (secondary N) is 1. The molecule has 3 nitrogen and oxygen atoms in total. The first-order valence-corrected chi connectivity index (χ1v) is 7.93. The predicted octanol–water partition coefficient (Wildman–Crippen LogP) is 3.45. The molecule has 1 saturated heterocycles. The monoisotopic (exact) mass is 275 g/mol. The molecule has 0 radical (unpaired) electrons. The summed E-state index contributed by atoms with van der Waals surface area (Å²) in [6, 6.07) is 8.35. The van der Waals surface area contributed by atoms with Gasteiger partial charge in [0.15, 0.2) is 0 Å². The molecule has 1 aliphatic heterocycles. The normalized spacial score (nSPS) is 25.6. The number of morpholine rings is 1. The summed E-state index contributed by atoms with van der Waals surface area (Å²) in [4.78, 5) is 0.